The van der Waals surface area contributed by atoms with Gasteiger partial charge in [0, 0.05) is 44.0 Å². The summed E-state index contributed by atoms with van der Waals surface area (Å²) in [6, 6.07) is 6.02. The number of hydrogen-bond donors (Lipinski definition) is 0. The number of rotatable bonds is 6. The van der Waals surface area contributed by atoms with Gasteiger partial charge in [-0.1, -0.05) is 31.7 Å². The zero-order valence-electron chi connectivity index (χ0n) is 16.1. The van der Waals surface area contributed by atoms with E-state index in [1.165, 1.54) is 25.7 Å². The maximum atomic E-state index is 12.6. The number of pyridine rings is 1. The van der Waals surface area contributed by atoms with Crippen LogP contribution >= 0.6 is 0 Å². The first-order chi connectivity index (χ1) is 13.3. The molecular formula is C22H30N4O. The molecule has 2 aromatic rings. The van der Waals surface area contributed by atoms with Crippen LogP contribution in [0.4, 0.5) is 0 Å². The van der Waals surface area contributed by atoms with E-state index in [4.69, 9.17) is 0 Å². The van der Waals surface area contributed by atoms with Crippen LogP contribution < -0.4 is 0 Å². The van der Waals surface area contributed by atoms with E-state index in [1.54, 1.807) is 0 Å². The van der Waals surface area contributed by atoms with Gasteiger partial charge in [0.15, 0.2) is 0 Å². The largest absolute Gasteiger partial charge is 0.343 e. The zero-order chi connectivity index (χ0) is 18.5. The molecule has 1 aliphatic carbocycles. The van der Waals surface area contributed by atoms with Gasteiger partial charge in [-0.05, 0) is 37.3 Å². The summed E-state index contributed by atoms with van der Waals surface area (Å²) in [5.41, 5.74) is 1.05. The monoisotopic (exact) mass is 366 g/mol. The summed E-state index contributed by atoms with van der Waals surface area (Å²) in [6.07, 6.45) is 15.0. The van der Waals surface area contributed by atoms with Crippen LogP contribution in [-0.2, 0) is 11.3 Å². The van der Waals surface area contributed by atoms with E-state index in [9.17, 15) is 4.79 Å². The van der Waals surface area contributed by atoms with E-state index in [-0.39, 0.29) is 0 Å². The predicted octanol–water partition coefficient (Wildman–Crippen LogP) is 4.00. The summed E-state index contributed by atoms with van der Waals surface area (Å²) in [6.45, 7) is 2.49. The molecule has 0 radical (unpaired) electrons. The van der Waals surface area contributed by atoms with Gasteiger partial charge in [-0.15, -0.1) is 0 Å². The van der Waals surface area contributed by atoms with E-state index in [0.29, 0.717) is 11.8 Å². The van der Waals surface area contributed by atoms with Gasteiger partial charge in [0.05, 0.1) is 12.2 Å². The van der Waals surface area contributed by atoms with Crippen LogP contribution in [0.2, 0.25) is 0 Å². The molecule has 0 N–H and O–H groups in total. The minimum Gasteiger partial charge on any atom is -0.343 e. The molecule has 1 amide bonds. The highest BCUT2D eigenvalue weighted by molar-refractivity contribution is 5.76. The summed E-state index contributed by atoms with van der Waals surface area (Å²) in [5, 5.41) is 0. The van der Waals surface area contributed by atoms with Crippen molar-refractivity contribution in [3.8, 4) is 0 Å². The van der Waals surface area contributed by atoms with Gasteiger partial charge in [0.2, 0.25) is 5.91 Å². The lowest BCUT2D eigenvalue weighted by Gasteiger charge is -2.32. The fraction of sp³-hybridized carbons (Fsp3) is 0.591. The molecule has 0 atom stereocenters. The summed E-state index contributed by atoms with van der Waals surface area (Å²) in [4.78, 5) is 23.7. The molecule has 0 spiro atoms. The lowest BCUT2D eigenvalue weighted by molar-refractivity contribution is -0.132. The Morgan fingerprint density at radius 3 is 2.59 bits per heavy atom. The molecule has 144 valence electrons. The molecule has 5 heteroatoms. The number of amides is 1. The zero-order valence-corrected chi connectivity index (χ0v) is 16.1. The van der Waals surface area contributed by atoms with Crippen molar-refractivity contribution in [3.05, 3.63) is 48.3 Å². The highest BCUT2D eigenvalue weighted by Crippen LogP contribution is 2.30. The number of imidazole rings is 1. The van der Waals surface area contributed by atoms with E-state index in [2.05, 4.69) is 25.5 Å². The standard InChI is InChI=1S/C22H30N4O/c27-21(9-8-18-5-1-2-6-18)25-14-10-19(11-15-25)22-24-13-16-26(22)17-20-7-3-4-12-23-20/h3-4,7,12-13,16,18-19H,1-2,5-6,8-11,14-15,17H2. The maximum Gasteiger partial charge on any atom is 0.222 e. The molecule has 0 aromatic carbocycles. The number of hydrogen-bond acceptors (Lipinski definition) is 3. The average Bonchev–Trinajstić information content (AvgIpc) is 3.39. The van der Waals surface area contributed by atoms with Crippen molar-refractivity contribution in [2.24, 2.45) is 5.92 Å². The smallest absolute Gasteiger partial charge is 0.222 e. The second kappa shape index (κ2) is 8.68. The summed E-state index contributed by atoms with van der Waals surface area (Å²) in [5.74, 6) is 2.73. The Balaban J connectivity index is 1.29. The van der Waals surface area contributed by atoms with Crippen LogP contribution in [0.5, 0.6) is 0 Å². The fourth-order valence-electron chi connectivity index (χ4n) is 4.65. The Morgan fingerprint density at radius 2 is 1.85 bits per heavy atom. The van der Waals surface area contributed by atoms with Gasteiger partial charge in [-0.2, -0.15) is 0 Å². The van der Waals surface area contributed by atoms with Crippen LogP contribution in [0.25, 0.3) is 0 Å². The molecule has 1 aliphatic heterocycles. The van der Waals surface area contributed by atoms with Crippen LogP contribution in [0.1, 0.15) is 68.8 Å². The van der Waals surface area contributed by atoms with Gasteiger partial charge in [-0.3, -0.25) is 9.78 Å². The summed E-state index contributed by atoms with van der Waals surface area (Å²) < 4.78 is 2.21. The third-order valence-corrected chi connectivity index (χ3v) is 6.26. The highest BCUT2D eigenvalue weighted by Gasteiger charge is 2.27. The van der Waals surface area contributed by atoms with E-state index in [0.717, 1.165) is 62.8 Å². The van der Waals surface area contributed by atoms with Gasteiger partial charge < -0.3 is 9.47 Å². The molecular weight excluding hydrogens is 336 g/mol. The van der Waals surface area contributed by atoms with E-state index in [1.807, 2.05) is 30.7 Å². The molecule has 1 saturated heterocycles. The van der Waals surface area contributed by atoms with Crippen molar-refractivity contribution < 1.29 is 4.79 Å². The first kappa shape index (κ1) is 18.2. The molecule has 3 heterocycles. The predicted molar refractivity (Wildman–Crippen MR) is 105 cm³/mol. The quantitative estimate of drug-likeness (QED) is 0.776. The molecule has 1 saturated carbocycles. The Hall–Kier alpha value is -2.17. The second-order valence-corrected chi connectivity index (χ2v) is 8.08. The first-order valence-electron chi connectivity index (χ1n) is 10.5. The van der Waals surface area contributed by atoms with Crippen molar-refractivity contribution >= 4 is 5.91 Å². The average molecular weight is 367 g/mol. The fourth-order valence-corrected chi connectivity index (χ4v) is 4.65. The van der Waals surface area contributed by atoms with Crippen LogP contribution in [0.3, 0.4) is 0 Å². The SMILES string of the molecule is O=C(CCC1CCCC1)N1CCC(c2nccn2Cc2ccccn2)CC1. The number of carbonyl (C=O) groups excluding carboxylic acids is 1. The minimum absolute atomic E-state index is 0.358. The van der Waals surface area contributed by atoms with Crippen molar-refractivity contribution in [1.82, 2.24) is 19.4 Å². The number of nitrogens with zero attached hydrogens (tertiary/aromatic N) is 4. The molecule has 0 unspecified atom stereocenters. The molecule has 4 rings (SSSR count). The van der Waals surface area contributed by atoms with E-state index >= 15 is 0 Å². The molecule has 27 heavy (non-hydrogen) atoms. The van der Waals surface area contributed by atoms with Gasteiger partial charge in [0.1, 0.15) is 5.82 Å². The topological polar surface area (TPSA) is 51.0 Å². The lowest BCUT2D eigenvalue weighted by atomic mass is 9.95. The normalized spacial score (nSPS) is 18.9. The van der Waals surface area contributed by atoms with Crippen LogP contribution in [0.15, 0.2) is 36.8 Å². The van der Waals surface area contributed by atoms with Crippen molar-refractivity contribution in [2.75, 3.05) is 13.1 Å². The Kier molecular flexibility index (Phi) is 5.85. The number of carbonyl (C=O) groups is 1. The van der Waals surface area contributed by atoms with Crippen LogP contribution in [-0.4, -0.2) is 38.4 Å². The third kappa shape index (κ3) is 4.57. The Labute approximate surface area is 161 Å². The minimum atomic E-state index is 0.358. The van der Waals surface area contributed by atoms with Gasteiger partial charge >= 0.3 is 0 Å². The van der Waals surface area contributed by atoms with Crippen molar-refractivity contribution in [1.29, 1.82) is 0 Å². The Morgan fingerprint density at radius 1 is 1.04 bits per heavy atom. The number of likely N-dealkylation sites (tertiary alicyclic amines) is 1. The van der Waals surface area contributed by atoms with Gasteiger partial charge in [-0.25, -0.2) is 4.98 Å². The third-order valence-electron chi connectivity index (χ3n) is 6.26. The molecule has 0 bridgehead atoms. The first-order valence-corrected chi connectivity index (χ1v) is 10.5. The second-order valence-electron chi connectivity index (χ2n) is 8.08. The Bertz CT molecular complexity index is 728. The van der Waals surface area contributed by atoms with E-state index < -0.39 is 0 Å². The van der Waals surface area contributed by atoms with Crippen LogP contribution in [0, 0.1) is 5.92 Å². The molecule has 2 fully saturated rings. The van der Waals surface area contributed by atoms with Crippen molar-refractivity contribution in [2.45, 2.75) is 63.8 Å². The molecule has 5 nitrogen and oxygen atoms in total. The highest BCUT2D eigenvalue weighted by atomic mass is 16.2. The molecule has 2 aromatic heterocycles. The lowest BCUT2D eigenvalue weighted by Crippen LogP contribution is -2.38. The summed E-state index contributed by atoms with van der Waals surface area (Å²) in [7, 11) is 0. The summed E-state index contributed by atoms with van der Waals surface area (Å²) >= 11 is 0. The molecule has 2 aliphatic rings. The van der Waals surface area contributed by atoms with Crippen molar-refractivity contribution in [3.63, 3.8) is 0 Å². The maximum absolute atomic E-state index is 12.6. The number of aromatic nitrogens is 3. The number of piperidine rings is 1. The van der Waals surface area contributed by atoms with Gasteiger partial charge in [0.25, 0.3) is 0 Å².